The van der Waals surface area contributed by atoms with E-state index >= 15 is 4.39 Å². The fraction of sp³-hybridized carbons (Fsp3) is 0.290. The molecule has 1 unspecified atom stereocenters. The molecule has 5 rings (SSSR count). The van der Waals surface area contributed by atoms with Gasteiger partial charge < -0.3 is 20.9 Å². The highest BCUT2D eigenvalue weighted by molar-refractivity contribution is 6.38. The molecule has 45 heavy (non-hydrogen) atoms. The minimum Gasteiger partial charge on any atom is -0.395 e. The number of nitrogen functional groups attached to an aromatic ring is 1. The van der Waals surface area contributed by atoms with E-state index in [1.165, 1.54) is 16.7 Å². The molecular formula is C31H28Cl2F3N7O2. The van der Waals surface area contributed by atoms with Gasteiger partial charge in [-0.25, -0.2) is 18.2 Å². The lowest BCUT2D eigenvalue weighted by Gasteiger charge is -2.37. The number of amides is 1. The molecule has 1 amide bonds. The van der Waals surface area contributed by atoms with Gasteiger partial charge in [-0.1, -0.05) is 43.6 Å². The summed E-state index contributed by atoms with van der Waals surface area (Å²) in [5.41, 5.74) is 4.18. The molecule has 2 aliphatic rings. The van der Waals surface area contributed by atoms with Crippen LogP contribution in [0.1, 0.15) is 26.3 Å². The number of dihydropyridines is 1. The molecule has 0 radical (unpaired) electrons. The van der Waals surface area contributed by atoms with Crippen molar-refractivity contribution in [1.82, 2.24) is 19.8 Å². The van der Waals surface area contributed by atoms with Gasteiger partial charge in [0.1, 0.15) is 17.3 Å². The van der Waals surface area contributed by atoms with E-state index in [0.29, 0.717) is 11.3 Å². The van der Waals surface area contributed by atoms with Crippen LogP contribution in [0.3, 0.4) is 0 Å². The number of anilines is 2. The highest BCUT2D eigenvalue weighted by Gasteiger charge is 2.33. The third-order valence-electron chi connectivity index (χ3n) is 8.02. The highest BCUT2D eigenvalue weighted by atomic mass is 35.5. The van der Waals surface area contributed by atoms with Crippen LogP contribution in [0.15, 0.2) is 41.4 Å². The Morgan fingerprint density at radius 1 is 1.20 bits per heavy atom. The molecule has 0 bridgehead atoms. The second-order valence-electron chi connectivity index (χ2n) is 11.0. The number of carbonyl (C=O) groups is 1. The zero-order valence-corrected chi connectivity index (χ0v) is 26.0. The number of hydrogen-bond acceptors (Lipinski definition) is 7. The van der Waals surface area contributed by atoms with Crippen LogP contribution in [0.4, 0.5) is 24.5 Å². The fourth-order valence-electron chi connectivity index (χ4n) is 5.75. The van der Waals surface area contributed by atoms with Crippen LogP contribution in [0.25, 0.3) is 28.0 Å². The van der Waals surface area contributed by atoms with Crippen molar-refractivity contribution in [1.29, 1.82) is 5.26 Å². The summed E-state index contributed by atoms with van der Waals surface area (Å²) in [7, 11) is 0. The minimum atomic E-state index is -1.87. The second-order valence-corrected chi connectivity index (χ2v) is 11.8. The first-order valence-electron chi connectivity index (χ1n) is 13.9. The van der Waals surface area contributed by atoms with Gasteiger partial charge in [0.25, 0.3) is 5.56 Å². The van der Waals surface area contributed by atoms with Gasteiger partial charge in [0.05, 0.1) is 44.4 Å². The van der Waals surface area contributed by atoms with E-state index < -0.39 is 45.3 Å². The van der Waals surface area contributed by atoms with E-state index in [4.69, 9.17) is 28.9 Å². The Labute approximate surface area is 266 Å². The molecule has 4 heterocycles. The van der Waals surface area contributed by atoms with E-state index in [9.17, 15) is 23.6 Å². The Balaban J connectivity index is 1.90. The zero-order valence-electron chi connectivity index (χ0n) is 24.5. The normalized spacial score (nSPS) is 16.8. The number of aromatic nitrogens is 2. The number of fused-ring (bicyclic) bond motifs is 1. The van der Waals surface area contributed by atoms with Gasteiger partial charge in [0.2, 0.25) is 5.91 Å². The van der Waals surface area contributed by atoms with Crippen LogP contribution in [0, 0.1) is 34.7 Å². The van der Waals surface area contributed by atoms with E-state index in [0.717, 1.165) is 0 Å². The molecule has 1 aromatic carbocycles. The van der Waals surface area contributed by atoms with Crippen molar-refractivity contribution < 1.29 is 18.0 Å². The maximum atomic E-state index is 15.3. The van der Waals surface area contributed by atoms with E-state index in [2.05, 4.69) is 16.9 Å². The Hall–Kier alpha value is -4.47. The Morgan fingerprint density at radius 2 is 1.87 bits per heavy atom. The molecule has 0 saturated carbocycles. The smallest absolute Gasteiger partial charge is 0.276 e. The number of carbonyl (C=O) groups excluding carboxylic acids is 1. The molecule has 3 aromatic rings. The predicted octanol–water partition coefficient (Wildman–Crippen LogP) is 5.45. The third kappa shape index (κ3) is 5.19. The van der Waals surface area contributed by atoms with E-state index in [1.54, 1.807) is 29.0 Å². The molecule has 2 aliphatic heterocycles. The number of pyridine rings is 2. The minimum absolute atomic E-state index is 0.0335. The third-order valence-corrected chi connectivity index (χ3v) is 8.70. The number of nitriles is 1. The molecule has 14 heteroatoms. The lowest BCUT2D eigenvalue weighted by molar-refractivity contribution is -0.126. The van der Waals surface area contributed by atoms with E-state index in [1.807, 2.05) is 19.9 Å². The summed E-state index contributed by atoms with van der Waals surface area (Å²) in [6.07, 6.45) is 4.71. The molecular weight excluding hydrogens is 630 g/mol. The molecule has 234 valence electrons. The molecule has 3 N–H and O–H groups in total. The largest absolute Gasteiger partial charge is 0.395 e. The van der Waals surface area contributed by atoms with Crippen molar-refractivity contribution in [3.05, 3.63) is 80.0 Å². The number of rotatable bonds is 5. The monoisotopic (exact) mass is 657 g/mol. The average molecular weight is 659 g/mol. The second kappa shape index (κ2) is 12.1. The van der Waals surface area contributed by atoms with Crippen LogP contribution >= 0.6 is 23.2 Å². The zero-order chi connectivity index (χ0) is 32.9. The Morgan fingerprint density at radius 3 is 2.47 bits per heavy atom. The quantitative estimate of drug-likeness (QED) is 0.162. The van der Waals surface area contributed by atoms with E-state index in [-0.39, 0.29) is 71.0 Å². The summed E-state index contributed by atoms with van der Waals surface area (Å²) >= 11 is 12.9. The van der Waals surface area contributed by atoms with Crippen molar-refractivity contribution in [2.75, 3.05) is 36.8 Å². The molecule has 1 fully saturated rings. The van der Waals surface area contributed by atoms with Crippen LogP contribution < -0.4 is 21.5 Å². The fourth-order valence-corrected chi connectivity index (χ4v) is 6.25. The first-order valence-corrected chi connectivity index (χ1v) is 14.7. The number of nitrogens with zero attached hydrogens (tertiary/aromatic N) is 5. The number of nitrogens with two attached hydrogens (primary N) is 1. The van der Waals surface area contributed by atoms with Gasteiger partial charge in [-0.05, 0) is 42.8 Å². The Kier molecular flexibility index (Phi) is 8.62. The standard InChI is InChI=1S/C31H28Cl2F3N7O2/c1-5-19(44)41-8-10-42(11-9-41)29-16-12-18(32)27(20-21(33)25(38)24(36)23(35)22(20)34)40-30(16)43(31(45)17(29)13-37)28-15(4)6-7-39-26(28)14(2)3/h5-7,12,14,26,39H,1,8-11,38H2,2-4H3. The number of piperazine rings is 1. The maximum Gasteiger partial charge on any atom is 0.276 e. The van der Waals surface area contributed by atoms with Gasteiger partial charge in [0, 0.05) is 31.6 Å². The summed E-state index contributed by atoms with van der Waals surface area (Å²) in [5, 5.41) is 13.0. The molecule has 1 saturated heterocycles. The first-order chi connectivity index (χ1) is 21.3. The SMILES string of the molecule is C=CC(=O)N1CCN(c2c(C#N)c(=O)n(C3=C(C)C=CNC3C(C)C)c3nc(-c4c(F)c(F)c(F)c(N)c4Cl)c(Cl)cc23)CC1. The van der Waals surface area contributed by atoms with Crippen LogP contribution in [-0.2, 0) is 4.79 Å². The lowest BCUT2D eigenvalue weighted by atomic mass is 9.94. The topological polar surface area (TPSA) is 120 Å². The van der Waals surface area contributed by atoms with Crippen LogP contribution in [0.5, 0.6) is 0 Å². The van der Waals surface area contributed by atoms with Crippen molar-refractivity contribution >= 4 is 57.2 Å². The van der Waals surface area contributed by atoms with Gasteiger partial charge in [-0.15, -0.1) is 0 Å². The average Bonchev–Trinajstić information content (AvgIpc) is 3.02. The van der Waals surface area contributed by atoms with Crippen molar-refractivity contribution in [2.24, 2.45) is 5.92 Å². The molecule has 9 nitrogen and oxygen atoms in total. The van der Waals surface area contributed by atoms with Crippen LogP contribution in [-0.4, -0.2) is 52.6 Å². The van der Waals surface area contributed by atoms with Crippen molar-refractivity contribution in [3.63, 3.8) is 0 Å². The van der Waals surface area contributed by atoms with Gasteiger partial charge >= 0.3 is 0 Å². The number of allylic oxidation sites excluding steroid dienone is 2. The molecule has 0 spiro atoms. The highest BCUT2D eigenvalue weighted by Crippen LogP contribution is 2.43. The number of nitrogens with one attached hydrogen (secondary N) is 1. The Bertz CT molecular complexity index is 1910. The molecule has 2 aromatic heterocycles. The summed E-state index contributed by atoms with van der Waals surface area (Å²) in [6, 6.07) is 3.02. The molecule has 1 atom stereocenters. The maximum absolute atomic E-state index is 15.3. The molecule has 0 aliphatic carbocycles. The first kappa shape index (κ1) is 31.9. The van der Waals surface area contributed by atoms with Crippen molar-refractivity contribution in [2.45, 2.75) is 26.8 Å². The van der Waals surface area contributed by atoms with Gasteiger partial charge in [0.15, 0.2) is 17.5 Å². The number of hydrogen-bond donors (Lipinski definition) is 2. The summed E-state index contributed by atoms with van der Waals surface area (Å²) in [6.45, 7) is 10.3. The van der Waals surface area contributed by atoms with Gasteiger partial charge in [-0.2, -0.15) is 5.26 Å². The number of benzene rings is 1. The number of halogens is 5. The van der Waals surface area contributed by atoms with Gasteiger partial charge in [-0.3, -0.25) is 14.2 Å². The van der Waals surface area contributed by atoms with Crippen molar-refractivity contribution in [3.8, 4) is 17.3 Å². The lowest BCUT2D eigenvalue weighted by Crippen LogP contribution is -2.49. The van der Waals surface area contributed by atoms with Crippen LogP contribution in [0.2, 0.25) is 10.0 Å². The summed E-state index contributed by atoms with van der Waals surface area (Å²) in [5.74, 6) is -5.49. The summed E-state index contributed by atoms with van der Waals surface area (Å²) < 4.78 is 45.4. The predicted molar refractivity (Wildman–Crippen MR) is 169 cm³/mol. The summed E-state index contributed by atoms with van der Waals surface area (Å²) in [4.78, 5) is 34.5.